The van der Waals surface area contributed by atoms with Crippen molar-refractivity contribution >= 4 is 46.0 Å². The molecule has 278 valence electrons. The summed E-state index contributed by atoms with van der Waals surface area (Å²) < 4.78 is 16.9. The van der Waals surface area contributed by atoms with Crippen LogP contribution in [0.5, 0.6) is 11.5 Å². The maximum atomic E-state index is 14.3. The van der Waals surface area contributed by atoms with E-state index >= 15 is 0 Å². The van der Waals surface area contributed by atoms with Crippen molar-refractivity contribution < 1.29 is 43.9 Å². The van der Waals surface area contributed by atoms with Crippen LogP contribution in [0.3, 0.4) is 0 Å². The minimum absolute atomic E-state index is 0.0324. The van der Waals surface area contributed by atoms with Gasteiger partial charge < -0.3 is 41.0 Å². The molecule has 12 nitrogen and oxygen atoms in total. The number of phenols is 2. The average Bonchev–Trinajstić information content (AvgIpc) is 3.12. The number of hydrogen-bond donors (Lipinski definition) is 5. The number of ether oxygens (including phenoxy) is 3. The summed E-state index contributed by atoms with van der Waals surface area (Å²) in [5.74, 6) is -2.32. The van der Waals surface area contributed by atoms with E-state index in [2.05, 4.69) is 0 Å². The van der Waals surface area contributed by atoms with Crippen molar-refractivity contribution in [3.63, 3.8) is 0 Å². The van der Waals surface area contributed by atoms with Gasteiger partial charge in [-0.1, -0.05) is 67.1 Å². The number of nitrogen functional groups attached to an aromatic ring is 1. The Morgan fingerprint density at radius 1 is 1.00 bits per heavy atom. The molecular weight excluding hydrogens is 666 g/mol. The number of primary amides is 1. The molecule has 0 fully saturated rings. The van der Waals surface area contributed by atoms with Gasteiger partial charge in [-0.05, 0) is 62.5 Å². The minimum Gasteiger partial charge on any atom is -0.506 e. The van der Waals surface area contributed by atoms with E-state index in [1.165, 1.54) is 14.2 Å². The predicted octanol–water partition coefficient (Wildman–Crippen LogP) is 6.02. The Morgan fingerprint density at radius 2 is 1.67 bits per heavy atom. The van der Waals surface area contributed by atoms with Crippen molar-refractivity contribution in [3.8, 4) is 11.5 Å². The highest BCUT2D eigenvalue weighted by molar-refractivity contribution is 6.15. The second-order valence-electron chi connectivity index (χ2n) is 13.3. The Bertz CT molecular complexity index is 1900. The largest absolute Gasteiger partial charge is 0.506 e. The highest BCUT2D eigenvalue weighted by atomic mass is 16.6. The first-order valence-corrected chi connectivity index (χ1v) is 17.1. The number of allylic oxidation sites excluding steroid dienone is 1. The first-order chi connectivity index (χ1) is 24.7. The highest BCUT2D eigenvalue weighted by Crippen LogP contribution is 2.43. The number of hydrogen-bond acceptors (Lipinski definition) is 10. The third-order valence-corrected chi connectivity index (χ3v) is 9.50. The molecule has 1 heterocycles. The van der Waals surface area contributed by atoms with Crippen LogP contribution in [0.25, 0.3) is 16.8 Å². The van der Waals surface area contributed by atoms with Gasteiger partial charge in [0.05, 0.1) is 36.2 Å². The van der Waals surface area contributed by atoms with E-state index in [0.717, 1.165) is 16.4 Å². The fourth-order valence-electron chi connectivity index (χ4n) is 6.65. The van der Waals surface area contributed by atoms with Crippen LogP contribution in [0.2, 0.25) is 0 Å². The van der Waals surface area contributed by atoms with Gasteiger partial charge in [-0.2, -0.15) is 0 Å². The zero-order valence-electron chi connectivity index (χ0n) is 30.5. The Hall–Kier alpha value is -5.17. The lowest BCUT2D eigenvalue weighted by Crippen LogP contribution is -2.37. The molecule has 0 radical (unpaired) electrons. The number of amides is 2. The van der Waals surface area contributed by atoms with Crippen LogP contribution in [0.4, 0.5) is 16.2 Å². The second kappa shape index (κ2) is 17.4. The number of anilines is 2. The molecule has 3 aromatic rings. The Morgan fingerprint density at radius 3 is 2.35 bits per heavy atom. The summed E-state index contributed by atoms with van der Waals surface area (Å²) in [5, 5.41) is 35.6. The van der Waals surface area contributed by atoms with Crippen molar-refractivity contribution in [1.82, 2.24) is 0 Å². The van der Waals surface area contributed by atoms with Gasteiger partial charge in [0.1, 0.15) is 11.5 Å². The zero-order valence-corrected chi connectivity index (χ0v) is 30.5. The van der Waals surface area contributed by atoms with E-state index in [4.69, 9.17) is 25.7 Å². The summed E-state index contributed by atoms with van der Waals surface area (Å²) in [6, 6.07) is 13.8. The predicted molar refractivity (Wildman–Crippen MR) is 201 cm³/mol. The topological polar surface area (TPSA) is 195 Å². The van der Waals surface area contributed by atoms with Gasteiger partial charge in [-0.25, -0.2) is 4.79 Å². The number of methoxy groups -OCH3 is 2. The lowest BCUT2D eigenvalue weighted by atomic mass is 9.91. The molecule has 0 unspecified atom stereocenters. The number of carbonyl (C=O) groups is 3. The van der Waals surface area contributed by atoms with E-state index < -0.39 is 66.2 Å². The minimum atomic E-state index is -1.02. The van der Waals surface area contributed by atoms with Gasteiger partial charge in [0.25, 0.3) is 5.91 Å². The number of nitrogens with two attached hydrogens (primary N) is 2. The van der Waals surface area contributed by atoms with Gasteiger partial charge in [0, 0.05) is 42.9 Å². The van der Waals surface area contributed by atoms with Crippen molar-refractivity contribution in [2.45, 2.75) is 71.4 Å². The van der Waals surface area contributed by atoms with Crippen molar-refractivity contribution in [2.75, 3.05) is 31.4 Å². The van der Waals surface area contributed by atoms with Crippen LogP contribution in [0.1, 0.15) is 62.9 Å². The molecule has 0 saturated carbocycles. The molecule has 0 saturated heterocycles. The number of aliphatic hydroxyl groups is 1. The molecule has 5 atom stereocenters. The molecular formula is C40H49N3O9. The Labute approximate surface area is 304 Å². The van der Waals surface area contributed by atoms with Gasteiger partial charge in [0.2, 0.25) is 0 Å². The van der Waals surface area contributed by atoms with Crippen LogP contribution in [0.15, 0.2) is 77.4 Å². The molecule has 52 heavy (non-hydrogen) atoms. The lowest BCUT2D eigenvalue weighted by Gasteiger charge is -2.29. The molecule has 3 aromatic carbocycles. The number of aromatic hydroxyl groups is 2. The van der Waals surface area contributed by atoms with Gasteiger partial charge >= 0.3 is 6.09 Å². The van der Waals surface area contributed by atoms with Gasteiger partial charge in [0.15, 0.2) is 11.9 Å². The summed E-state index contributed by atoms with van der Waals surface area (Å²) in [7, 11) is 2.93. The van der Waals surface area contributed by atoms with Crippen molar-refractivity contribution in [2.24, 2.45) is 11.7 Å². The summed E-state index contributed by atoms with van der Waals surface area (Å²) in [6.45, 7) is 6.39. The molecule has 2 bridgehead atoms. The Kier molecular flexibility index (Phi) is 13.2. The fourth-order valence-corrected chi connectivity index (χ4v) is 6.65. The molecule has 7 N–H and O–H groups in total. The molecule has 2 amide bonds. The van der Waals surface area contributed by atoms with Crippen LogP contribution in [-0.4, -0.2) is 78.3 Å². The van der Waals surface area contributed by atoms with E-state index in [1.807, 2.05) is 30.3 Å². The number of aliphatic hydroxyl groups excluding tert-OH is 1. The fraction of sp³-hybridized carbons (Fsp3) is 0.375. The first kappa shape index (κ1) is 39.6. The van der Waals surface area contributed by atoms with E-state index in [-0.39, 0.29) is 41.8 Å². The third kappa shape index (κ3) is 9.00. The van der Waals surface area contributed by atoms with Crippen LogP contribution in [0, 0.1) is 5.92 Å². The highest BCUT2D eigenvalue weighted by Gasteiger charge is 2.31. The monoisotopic (exact) mass is 715 g/mol. The Balaban J connectivity index is 1.89. The molecule has 0 aromatic heterocycles. The molecule has 1 aliphatic rings. The zero-order chi connectivity index (χ0) is 38.3. The van der Waals surface area contributed by atoms with Crippen LogP contribution in [-0.2, 0) is 19.0 Å². The average molecular weight is 716 g/mol. The standard InChI is InChI=1S/C40H49N3O9/c1-22-17-29-35(41)31(44)20-30(37(29)47)43(21-32(45)28-15-10-13-26-12-7-8-14-27(26)28)39(48)23(2)11-9-16-33(50-5)38(52-40(42)49)25(4)19-24(3)36(46)34(18-22)51-6/h7-8,10-15,17,19-20,24,33-34,36,38,44,46-47H,9,16,18,21,41H2,1-6H3,(H2,42,49)/t24-,33-,34-,36+,38-/m0/s1. The number of benzene rings is 3. The number of rotatable bonds is 6. The maximum Gasteiger partial charge on any atom is 0.405 e. The van der Waals surface area contributed by atoms with E-state index in [0.29, 0.717) is 22.1 Å². The molecule has 12 heteroatoms. The van der Waals surface area contributed by atoms with E-state index in [9.17, 15) is 29.7 Å². The van der Waals surface area contributed by atoms with Crippen LogP contribution >= 0.6 is 0 Å². The number of nitrogens with zero attached hydrogens (tertiary/aromatic N) is 1. The normalized spacial score (nSPS) is 22.4. The summed E-state index contributed by atoms with van der Waals surface area (Å²) in [6.07, 6.45) is 1.40. The van der Waals surface area contributed by atoms with Gasteiger partial charge in [-0.15, -0.1) is 0 Å². The number of Topliss-reactive ketones (excluding diaryl/α,β-unsaturated/α-hetero) is 1. The number of carbonyl (C=O) groups excluding carboxylic acids is 3. The molecule has 0 spiro atoms. The number of phenolic OH excluding ortho intramolecular Hbond substituents is 2. The maximum absolute atomic E-state index is 14.3. The van der Waals surface area contributed by atoms with Crippen molar-refractivity contribution in [3.05, 3.63) is 88.5 Å². The first-order valence-electron chi connectivity index (χ1n) is 17.1. The lowest BCUT2D eigenvalue weighted by molar-refractivity contribution is -0.115. The van der Waals surface area contributed by atoms with E-state index in [1.54, 1.807) is 58.1 Å². The smallest absolute Gasteiger partial charge is 0.405 e. The number of ketones is 1. The quantitative estimate of drug-likeness (QED) is 0.0662. The molecule has 0 aliphatic carbocycles. The summed E-state index contributed by atoms with van der Waals surface area (Å²) >= 11 is 0. The summed E-state index contributed by atoms with van der Waals surface area (Å²) in [4.78, 5) is 41.4. The summed E-state index contributed by atoms with van der Waals surface area (Å²) in [5.41, 5.74) is 13.3. The van der Waals surface area contributed by atoms with Crippen LogP contribution < -0.4 is 16.4 Å². The second-order valence-corrected chi connectivity index (χ2v) is 13.3. The van der Waals surface area contributed by atoms with Gasteiger partial charge in [-0.3, -0.25) is 14.5 Å². The molecule has 1 aliphatic heterocycles. The molecule has 4 rings (SSSR count). The SMILES string of the molecule is CO[C@H]1CC(C)=Cc2c(N)c(O)cc(c2O)N(CC(=O)c2cccc3ccccc23)C(=O)C(C)=CCC[C@H](OC)[C@@H](OC(N)=O)C(C)=C[C@H](C)[C@H]1O. The number of fused-ring (bicyclic) bond motifs is 3. The third-order valence-electron chi connectivity index (χ3n) is 9.50. The van der Waals surface area contributed by atoms with Crippen molar-refractivity contribution in [1.29, 1.82) is 0 Å².